The Morgan fingerprint density at radius 3 is 2.52 bits per heavy atom. The molecule has 0 fully saturated rings. The highest BCUT2D eigenvalue weighted by Crippen LogP contribution is 2.33. The Hall–Kier alpha value is -5.36. The summed E-state index contributed by atoms with van der Waals surface area (Å²) in [5.74, 6) is 1.59. The second-order valence-corrected chi connectivity index (χ2v) is 10.0. The van der Waals surface area contributed by atoms with Crippen LogP contribution in [0.25, 0.3) is 34.0 Å². The minimum absolute atomic E-state index is 0.0370. The van der Waals surface area contributed by atoms with Gasteiger partial charge in [-0.15, -0.1) is 0 Å². The minimum atomic E-state index is -0.419. The van der Waals surface area contributed by atoms with Crippen molar-refractivity contribution >= 4 is 28.4 Å². The van der Waals surface area contributed by atoms with E-state index in [1.807, 2.05) is 61.0 Å². The van der Waals surface area contributed by atoms with Crippen LogP contribution in [-0.2, 0) is 7.05 Å². The van der Waals surface area contributed by atoms with Crippen LogP contribution in [0.3, 0.4) is 0 Å². The zero-order valence-electron chi connectivity index (χ0n) is 23.3. The molecule has 0 saturated carbocycles. The van der Waals surface area contributed by atoms with Crippen molar-refractivity contribution in [3.8, 4) is 23.0 Å². The lowest BCUT2D eigenvalue weighted by atomic mass is 10.1. The van der Waals surface area contributed by atoms with Crippen LogP contribution < -0.4 is 16.2 Å². The van der Waals surface area contributed by atoms with Gasteiger partial charge in [-0.2, -0.15) is 4.98 Å². The summed E-state index contributed by atoms with van der Waals surface area (Å²) in [7, 11) is 1.73. The number of hydrogen-bond donors (Lipinski definition) is 3. The number of aromatic nitrogens is 7. The third kappa shape index (κ3) is 5.10. The van der Waals surface area contributed by atoms with Gasteiger partial charge in [-0.3, -0.25) is 19.1 Å². The molecule has 0 spiro atoms. The Morgan fingerprint density at radius 2 is 1.79 bits per heavy atom. The number of pyridine rings is 3. The first kappa shape index (κ1) is 26.8. The summed E-state index contributed by atoms with van der Waals surface area (Å²) in [4.78, 5) is 30.9. The normalized spacial score (nSPS) is 12.1. The molecule has 0 amide bonds. The van der Waals surface area contributed by atoms with E-state index in [1.165, 1.54) is 0 Å². The van der Waals surface area contributed by atoms with Gasteiger partial charge >= 0.3 is 0 Å². The van der Waals surface area contributed by atoms with Crippen LogP contribution in [-0.4, -0.2) is 46.2 Å². The number of nitrogens with zero attached hydrogens (tertiary/aromatic N) is 7. The van der Waals surface area contributed by atoms with Gasteiger partial charge in [-0.1, -0.05) is 41.6 Å². The molecule has 0 saturated heterocycles. The van der Waals surface area contributed by atoms with E-state index >= 15 is 0 Å². The van der Waals surface area contributed by atoms with Crippen LogP contribution in [0.2, 0.25) is 0 Å². The van der Waals surface area contributed by atoms with Crippen molar-refractivity contribution in [2.75, 3.05) is 17.2 Å². The zero-order valence-corrected chi connectivity index (χ0v) is 23.3. The summed E-state index contributed by atoms with van der Waals surface area (Å²) in [5, 5.41) is 21.6. The third-order valence-electron chi connectivity index (χ3n) is 6.85. The Morgan fingerprint density at radius 1 is 0.976 bits per heavy atom. The second-order valence-electron chi connectivity index (χ2n) is 10.0. The predicted octanol–water partition coefficient (Wildman–Crippen LogP) is 4.71. The maximum Gasteiger partial charge on any atom is 0.275 e. The number of hydrogen-bond acceptors (Lipinski definition) is 10. The lowest BCUT2D eigenvalue weighted by molar-refractivity contribution is 0.276. The SMILES string of the molecule is CC(C)n1c2nc(Nc3cc(N[C@H](CO)c4ccccc4)c(-c4nc(-c5ccccn5)no4)cn3)ccc2c(=O)n1C. The van der Waals surface area contributed by atoms with Gasteiger partial charge in [-0.25, -0.2) is 9.97 Å². The largest absolute Gasteiger partial charge is 0.394 e. The highest BCUT2D eigenvalue weighted by Gasteiger charge is 2.20. The average Bonchev–Trinajstić information content (AvgIpc) is 3.60. The van der Waals surface area contributed by atoms with Gasteiger partial charge < -0.3 is 20.3 Å². The van der Waals surface area contributed by atoms with Gasteiger partial charge in [0.15, 0.2) is 5.65 Å². The van der Waals surface area contributed by atoms with Crippen LogP contribution in [0.15, 0.2) is 88.4 Å². The summed E-state index contributed by atoms with van der Waals surface area (Å²) in [5.41, 5.74) is 3.10. The Balaban J connectivity index is 1.39. The number of fused-ring (bicyclic) bond motifs is 1. The molecule has 0 unspecified atom stereocenters. The van der Waals surface area contributed by atoms with Crippen LogP contribution in [0.4, 0.5) is 17.3 Å². The summed E-state index contributed by atoms with van der Waals surface area (Å²) >= 11 is 0. The maximum absolute atomic E-state index is 12.7. The topological polar surface area (TPSA) is 149 Å². The van der Waals surface area contributed by atoms with Gasteiger partial charge in [-0.05, 0) is 43.7 Å². The molecule has 0 aliphatic rings. The molecular formula is C30H29N9O3. The number of nitrogens with one attached hydrogen (secondary N) is 2. The summed E-state index contributed by atoms with van der Waals surface area (Å²) in [6.07, 6.45) is 3.28. The maximum atomic E-state index is 12.7. The molecular weight excluding hydrogens is 534 g/mol. The average molecular weight is 564 g/mol. The Bertz CT molecular complexity index is 1900. The van der Waals surface area contributed by atoms with Crippen molar-refractivity contribution in [2.24, 2.45) is 7.05 Å². The van der Waals surface area contributed by atoms with Gasteiger partial charge in [0, 0.05) is 31.5 Å². The molecule has 12 nitrogen and oxygen atoms in total. The number of benzene rings is 1. The van der Waals surface area contributed by atoms with E-state index < -0.39 is 6.04 Å². The number of aliphatic hydroxyl groups excluding tert-OH is 1. The van der Waals surface area contributed by atoms with Crippen molar-refractivity contribution in [3.05, 3.63) is 95.0 Å². The van der Waals surface area contributed by atoms with Gasteiger partial charge in [0.2, 0.25) is 5.82 Å². The van der Waals surface area contributed by atoms with E-state index in [4.69, 9.17) is 9.51 Å². The van der Waals surface area contributed by atoms with Crippen molar-refractivity contribution in [1.29, 1.82) is 0 Å². The molecule has 0 bridgehead atoms. The molecule has 0 aliphatic heterocycles. The van der Waals surface area contributed by atoms with Crippen LogP contribution in [0.5, 0.6) is 0 Å². The Labute approximate surface area is 240 Å². The fourth-order valence-corrected chi connectivity index (χ4v) is 4.85. The highest BCUT2D eigenvalue weighted by molar-refractivity contribution is 5.79. The van der Waals surface area contributed by atoms with Crippen molar-refractivity contribution < 1.29 is 9.63 Å². The van der Waals surface area contributed by atoms with E-state index in [0.29, 0.717) is 45.4 Å². The van der Waals surface area contributed by atoms with Crippen LogP contribution in [0.1, 0.15) is 31.5 Å². The molecule has 0 aliphatic carbocycles. The fraction of sp³-hybridized carbons (Fsp3) is 0.200. The van der Waals surface area contributed by atoms with Crippen molar-refractivity contribution in [2.45, 2.75) is 25.9 Å². The van der Waals surface area contributed by atoms with E-state index in [9.17, 15) is 9.90 Å². The molecule has 42 heavy (non-hydrogen) atoms. The molecule has 6 rings (SSSR count). The third-order valence-corrected chi connectivity index (χ3v) is 6.85. The molecule has 5 aromatic heterocycles. The van der Waals surface area contributed by atoms with E-state index in [-0.39, 0.29) is 24.1 Å². The lowest BCUT2D eigenvalue weighted by Gasteiger charge is -2.20. The molecule has 1 aromatic carbocycles. The van der Waals surface area contributed by atoms with Crippen molar-refractivity contribution in [1.82, 2.24) is 34.5 Å². The monoisotopic (exact) mass is 563 g/mol. The predicted molar refractivity (Wildman–Crippen MR) is 159 cm³/mol. The molecule has 212 valence electrons. The van der Waals surface area contributed by atoms with Gasteiger partial charge in [0.25, 0.3) is 11.4 Å². The van der Waals surface area contributed by atoms with Crippen LogP contribution >= 0.6 is 0 Å². The van der Waals surface area contributed by atoms with Gasteiger partial charge in [0.05, 0.1) is 29.3 Å². The van der Waals surface area contributed by atoms with Gasteiger partial charge in [0.1, 0.15) is 17.3 Å². The molecule has 5 heterocycles. The quantitative estimate of drug-likeness (QED) is 0.226. The summed E-state index contributed by atoms with van der Waals surface area (Å²) in [6, 6.07) is 20.0. The number of rotatable bonds is 9. The van der Waals surface area contributed by atoms with E-state index in [1.54, 1.807) is 48.4 Å². The molecule has 12 heteroatoms. The fourth-order valence-electron chi connectivity index (χ4n) is 4.85. The molecule has 3 N–H and O–H groups in total. The molecule has 0 radical (unpaired) electrons. The molecule has 1 atom stereocenters. The van der Waals surface area contributed by atoms with Crippen LogP contribution in [0, 0.1) is 0 Å². The van der Waals surface area contributed by atoms with E-state index in [2.05, 4.69) is 30.7 Å². The number of aliphatic hydroxyl groups is 1. The first-order valence-corrected chi connectivity index (χ1v) is 13.5. The lowest BCUT2D eigenvalue weighted by Crippen LogP contribution is -2.20. The smallest absolute Gasteiger partial charge is 0.275 e. The Kier molecular flexibility index (Phi) is 7.19. The number of anilines is 3. The molecule has 6 aromatic rings. The standard InChI is InChI=1S/C30H29N9O3/c1-18(2)39-28-20(30(41)38(39)3)12-13-25(35-28)34-26-15-23(33-24(17-40)19-9-5-4-6-10-19)21(16-32-26)29-36-27(37-42-29)22-11-7-8-14-31-22/h4-16,18,24,40H,17H2,1-3H3,(H2,32,33,34,35)/t24-/m1/s1. The van der Waals surface area contributed by atoms with E-state index in [0.717, 1.165) is 5.56 Å². The minimum Gasteiger partial charge on any atom is -0.394 e. The van der Waals surface area contributed by atoms with Crippen molar-refractivity contribution in [3.63, 3.8) is 0 Å². The second kappa shape index (κ2) is 11.3. The zero-order chi connectivity index (χ0) is 29.2. The summed E-state index contributed by atoms with van der Waals surface area (Å²) < 4.78 is 9.04. The first-order chi connectivity index (χ1) is 20.4. The first-order valence-electron chi connectivity index (χ1n) is 13.5. The highest BCUT2D eigenvalue weighted by atomic mass is 16.5. The summed E-state index contributed by atoms with van der Waals surface area (Å²) in [6.45, 7) is 3.84.